The zero-order valence-electron chi connectivity index (χ0n) is 11.5. The van der Waals surface area contributed by atoms with E-state index in [9.17, 15) is 0 Å². The van der Waals surface area contributed by atoms with E-state index in [4.69, 9.17) is 0 Å². The third kappa shape index (κ3) is 4.84. The second-order valence-electron chi connectivity index (χ2n) is 5.47. The molecule has 1 aliphatic rings. The highest BCUT2D eigenvalue weighted by molar-refractivity contribution is 4.81. The number of rotatable bonds is 7. The van der Waals surface area contributed by atoms with E-state index < -0.39 is 0 Å². The molecule has 0 aliphatic carbocycles. The third-order valence-electron chi connectivity index (χ3n) is 3.72. The first-order chi connectivity index (χ1) is 7.75. The molecule has 0 aromatic heterocycles. The van der Waals surface area contributed by atoms with Crippen molar-refractivity contribution in [3.63, 3.8) is 0 Å². The molecule has 1 atom stereocenters. The van der Waals surface area contributed by atoms with Crippen molar-refractivity contribution in [2.24, 2.45) is 5.92 Å². The molecule has 1 N–H and O–H groups in total. The molecule has 0 spiro atoms. The number of nitrogens with one attached hydrogen (secondary N) is 1. The minimum Gasteiger partial charge on any atom is -0.314 e. The molecule has 1 heterocycles. The van der Waals surface area contributed by atoms with Crippen molar-refractivity contribution in [3.8, 4) is 0 Å². The molecule has 2 nitrogen and oxygen atoms in total. The number of unbranched alkanes of at least 4 members (excludes halogenated alkanes) is 4. The van der Waals surface area contributed by atoms with Crippen LogP contribution in [0.5, 0.6) is 0 Å². The molecule has 1 aliphatic heterocycles. The van der Waals surface area contributed by atoms with E-state index in [2.05, 4.69) is 31.0 Å². The van der Waals surface area contributed by atoms with Crippen molar-refractivity contribution in [1.82, 2.24) is 10.2 Å². The van der Waals surface area contributed by atoms with Crippen LogP contribution in [-0.4, -0.2) is 37.1 Å². The fraction of sp³-hybridized carbons (Fsp3) is 1.00. The maximum atomic E-state index is 3.52. The van der Waals surface area contributed by atoms with Gasteiger partial charge in [-0.15, -0.1) is 0 Å². The molecule has 0 aromatic rings. The highest BCUT2D eigenvalue weighted by atomic mass is 15.2. The minimum atomic E-state index is 0.764. The summed E-state index contributed by atoms with van der Waals surface area (Å²) in [4.78, 5) is 2.70. The fourth-order valence-corrected chi connectivity index (χ4v) is 2.62. The van der Waals surface area contributed by atoms with Crippen molar-refractivity contribution in [2.75, 3.05) is 26.2 Å². The zero-order chi connectivity index (χ0) is 11.8. The van der Waals surface area contributed by atoms with Gasteiger partial charge in [-0.2, -0.15) is 0 Å². The molecular weight excluding hydrogens is 196 g/mol. The van der Waals surface area contributed by atoms with Crippen LogP contribution >= 0.6 is 0 Å². The van der Waals surface area contributed by atoms with E-state index >= 15 is 0 Å². The van der Waals surface area contributed by atoms with Gasteiger partial charge in [0.05, 0.1) is 0 Å². The topological polar surface area (TPSA) is 15.3 Å². The summed E-state index contributed by atoms with van der Waals surface area (Å²) < 4.78 is 0. The highest BCUT2D eigenvalue weighted by Crippen LogP contribution is 2.14. The lowest BCUT2D eigenvalue weighted by Gasteiger charge is -2.38. The van der Waals surface area contributed by atoms with E-state index in [-0.39, 0.29) is 0 Å². The van der Waals surface area contributed by atoms with E-state index in [0.29, 0.717) is 0 Å². The zero-order valence-corrected chi connectivity index (χ0v) is 11.5. The van der Waals surface area contributed by atoms with Crippen LogP contribution in [0, 0.1) is 5.92 Å². The van der Waals surface area contributed by atoms with Crippen molar-refractivity contribution < 1.29 is 0 Å². The van der Waals surface area contributed by atoms with Crippen LogP contribution in [0.1, 0.15) is 52.9 Å². The molecule has 0 radical (unpaired) electrons. The predicted molar refractivity (Wildman–Crippen MR) is 71.8 cm³/mol. The van der Waals surface area contributed by atoms with E-state index in [1.807, 2.05) is 0 Å². The lowest BCUT2D eigenvalue weighted by atomic mass is 10.00. The summed E-state index contributed by atoms with van der Waals surface area (Å²) in [5.41, 5.74) is 0. The van der Waals surface area contributed by atoms with Gasteiger partial charge < -0.3 is 5.32 Å². The van der Waals surface area contributed by atoms with Crippen molar-refractivity contribution in [3.05, 3.63) is 0 Å². The van der Waals surface area contributed by atoms with Gasteiger partial charge in [0.15, 0.2) is 0 Å². The van der Waals surface area contributed by atoms with Crippen LogP contribution in [0.4, 0.5) is 0 Å². The van der Waals surface area contributed by atoms with Gasteiger partial charge in [0, 0.05) is 25.7 Å². The summed E-state index contributed by atoms with van der Waals surface area (Å²) in [7, 11) is 0. The molecule has 96 valence electrons. The van der Waals surface area contributed by atoms with Gasteiger partial charge in [-0.05, 0) is 18.9 Å². The van der Waals surface area contributed by atoms with Crippen LogP contribution in [0.15, 0.2) is 0 Å². The SMILES string of the molecule is CCCCCCCN1CCNCC1C(C)C. The number of hydrogen-bond donors (Lipinski definition) is 1. The summed E-state index contributed by atoms with van der Waals surface area (Å²) >= 11 is 0. The Bertz CT molecular complexity index is 168. The Morgan fingerprint density at radius 3 is 2.62 bits per heavy atom. The number of nitrogens with zero attached hydrogens (tertiary/aromatic N) is 1. The summed E-state index contributed by atoms with van der Waals surface area (Å²) in [6.45, 7) is 11.9. The second-order valence-corrected chi connectivity index (χ2v) is 5.47. The molecule has 2 heteroatoms. The minimum absolute atomic E-state index is 0.764. The van der Waals surface area contributed by atoms with Gasteiger partial charge in [-0.25, -0.2) is 0 Å². The van der Waals surface area contributed by atoms with Crippen molar-refractivity contribution >= 4 is 0 Å². The quantitative estimate of drug-likeness (QED) is 0.672. The number of hydrogen-bond acceptors (Lipinski definition) is 2. The van der Waals surface area contributed by atoms with Gasteiger partial charge >= 0.3 is 0 Å². The first kappa shape index (κ1) is 14.0. The summed E-state index contributed by atoms with van der Waals surface area (Å²) in [6.07, 6.45) is 7.00. The molecule has 1 saturated heterocycles. The van der Waals surface area contributed by atoms with E-state index in [1.54, 1.807) is 0 Å². The Hall–Kier alpha value is -0.0800. The maximum Gasteiger partial charge on any atom is 0.0244 e. The third-order valence-corrected chi connectivity index (χ3v) is 3.72. The van der Waals surface area contributed by atoms with Crippen LogP contribution in [0.3, 0.4) is 0 Å². The van der Waals surface area contributed by atoms with Gasteiger partial charge in [0.1, 0.15) is 0 Å². The summed E-state index contributed by atoms with van der Waals surface area (Å²) in [5, 5.41) is 3.52. The van der Waals surface area contributed by atoms with Gasteiger partial charge in [-0.1, -0.05) is 46.5 Å². The fourth-order valence-electron chi connectivity index (χ4n) is 2.62. The average Bonchev–Trinajstić information content (AvgIpc) is 2.29. The normalized spacial score (nSPS) is 22.9. The van der Waals surface area contributed by atoms with Gasteiger partial charge in [0.25, 0.3) is 0 Å². The van der Waals surface area contributed by atoms with Crippen LogP contribution in [-0.2, 0) is 0 Å². The van der Waals surface area contributed by atoms with Crippen LogP contribution < -0.4 is 5.32 Å². The first-order valence-corrected chi connectivity index (χ1v) is 7.20. The molecule has 1 unspecified atom stereocenters. The second kappa shape index (κ2) is 8.08. The van der Waals surface area contributed by atoms with Crippen LogP contribution in [0.2, 0.25) is 0 Å². The monoisotopic (exact) mass is 226 g/mol. The summed E-state index contributed by atoms with van der Waals surface area (Å²) in [5.74, 6) is 0.781. The Labute approximate surface area is 102 Å². The largest absolute Gasteiger partial charge is 0.314 e. The standard InChI is InChI=1S/C14H30N2/c1-4-5-6-7-8-10-16-11-9-15-12-14(16)13(2)3/h13-15H,4-12H2,1-3H3. The predicted octanol–water partition coefficient (Wildman–Crippen LogP) is 2.89. The summed E-state index contributed by atoms with van der Waals surface area (Å²) in [6, 6.07) is 0.764. The van der Waals surface area contributed by atoms with E-state index in [1.165, 1.54) is 58.3 Å². The van der Waals surface area contributed by atoms with E-state index in [0.717, 1.165) is 12.0 Å². The lowest BCUT2D eigenvalue weighted by Crippen LogP contribution is -2.53. The molecule has 0 amide bonds. The Balaban J connectivity index is 2.17. The Morgan fingerprint density at radius 1 is 1.19 bits per heavy atom. The molecule has 0 saturated carbocycles. The van der Waals surface area contributed by atoms with Crippen molar-refractivity contribution in [1.29, 1.82) is 0 Å². The van der Waals surface area contributed by atoms with Crippen LogP contribution in [0.25, 0.3) is 0 Å². The number of piperazine rings is 1. The smallest absolute Gasteiger partial charge is 0.0244 e. The first-order valence-electron chi connectivity index (χ1n) is 7.20. The molecule has 0 bridgehead atoms. The molecule has 0 aromatic carbocycles. The van der Waals surface area contributed by atoms with Crippen molar-refractivity contribution in [2.45, 2.75) is 58.9 Å². The molecular formula is C14H30N2. The lowest BCUT2D eigenvalue weighted by molar-refractivity contribution is 0.122. The Morgan fingerprint density at radius 2 is 1.94 bits per heavy atom. The Kier molecular flexibility index (Phi) is 7.06. The average molecular weight is 226 g/mol. The van der Waals surface area contributed by atoms with Gasteiger partial charge in [-0.3, -0.25) is 4.90 Å². The molecule has 16 heavy (non-hydrogen) atoms. The highest BCUT2D eigenvalue weighted by Gasteiger charge is 2.23. The molecule has 1 fully saturated rings. The molecule has 1 rings (SSSR count). The maximum absolute atomic E-state index is 3.52. The van der Waals surface area contributed by atoms with Gasteiger partial charge in [0.2, 0.25) is 0 Å².